The number of rotatable bonds is 2. The molecule has 1 aliphatic heterocycles. The number of anilines is 1. The van der Waals surface area contributed by atoms with Crippen LogP contribution < -0.4 is 4.90 Å². The van der Waals surface area contributed by atoms with Crippen LogP contribution in [0, 0.1) is 0 Å². The maximum Gasteiger partial charge on any atom is 0.165 e. The second kappa shape index (κ2) is 6.03. The fraction of sp³-hybridized carbons (Fsp3) is 0.353. The molecule has 1 aliphatic rings. The number of nitrogens with zero attached hydrogens (tertiary/aromatic N) is 6. The fourth-order valence-corrected chi connectivity index (χ4v) is 3.18. The summed E-state index contributed by atoms with van der Waals surface area (Å²) in [6, 6.07) is 7.66. The Morgan fingerprint density at radius 3 is 2.58 bits per heavy atom. The van der Waals surface area contributed by atoms with E-state index in [2.05, 4.69) is 21.8 Å². The Morgan fingerprint density at radius 1 is 1.04 bits per heavy atom. The quantitative estimate of drug-likeness (QED) is 0.716. The molecule has 0 amide bonds. The first-order chi connectivity index (χ1) is 11.6. The number of aromatic nitrogens is 4. The van der Waals surface area contributed by atoms with Gasteiger partial charge in [-0.15, -0.1) is 0 Å². The average molecular weight is 343 g/mol. The lowest BCUT2D eigenvalue weighted by Gasteiger charge is -2.33. The largest absolute Gasteiger partial charge is 0.352 e. The third-order valence-electron chi connectivity index (χ3n) is 4.43. The van der Waals surface area contributed by atoms with E-state index in [1.54, 1.807) is 6.33 Å². The zero-order valence-corrected chi connectivity index (χ0v) is 14.5. The van der Waals surface area contributed by atoms with Gasteiger partial charge in [0.25, 0.3) is 0 Å². The summed E-state index contributed by atoms with van der Waals surface area (Å²) in [7, 11) is 4.10. The van der Waals surface area contributed by atoms with E-state index < -0.39 is 0 Å². The van der Waals surface area contributed by atoms with Crippen LogP contribution in [-0.2, 0) is 7.05 Å². The van der Waals surface area contributed by atoms with Crippen molar-refractivity contribution in [3.8, 4) is 11.4 Å². The molecule has 124 valence electrons. The maximum absolute atomic E-state index is 6.14. The second-order valence-corrected chi connectivity index (χ2v) is 6.64. The Kier molecular flexibility index (Phi) is 3.86. The maximum atomic E-state index is 6.14. The van der Waals surface area contributed by atoms with Gasteiger partial charge in [0.1, 0.15) is 0 Å². The molecule has 1 fully saturated rings. The Bertz CT molecular complexity index is 882. The normalized spacial score (nSPS) is 16.0. The number of hydrogen-bond acceptors (Lipinski definition) is 5. The summed E-state index contributed by atoms with van der Waals surface area (Å²) in [5, 5.41) is 0.683. The van der Waals surface area contributed by atoms with E-state index in [1.807, 2.05) is 35.9 Å². The van der Waals surface area contributed by atoms with E-state index in [9.17, 15) is 0 Å². The van der Waals surface area contributed by atoms with Gasteiger partial charge in [0, 0.05) is 43.8 Å². The van der Waals surface area contributed by atoms with Gasteiger partial charge < -0.3 is 14.4 Å². The lowest BCUT2D eigenvalue weighted by Crippen LogP contribution is -2.45. The highest BCUT2D eigenvalue weighted by Crippen LogP contribution is 2.28. The number of hydrogen-bond donors (Lipinski definition) is 0. The van der Waals surface area contributed by atoms with Crippen LogP contribution >= 0.6 is 11.6 Å². The number of halogens is 1. The van der Waals surface area contributed by atoms with Gasteiger partial charge >= 0.3 is 0 Å². The lowest BCUT2D eigenvalue weighted by molar-refractivity contribution is 0.312. The topological polar surface area (TPSA) is 50.1 Å². The van der Waals surface area contributed by atoms with Crippen molar-refractivity contribution < 1.29 is 0 Å². The predicted octanol–water partition coefficient (Wildman–Crippen LogP) is 2.44. The highest BCUT2D eigenvalue weighted by molar-refractivity contribution is 6.30. The van der Waals surface area contributed by atoms with Crippen molar-refractivity contribution in [3.05, 3.63) is 35.6 Å². The summed E-state index contributed by atoms with van der Waals surface area (Å²) >= 11 is 6.14. The Morgan fingerprint density at radius 2 is 1.83 bits per heavy atom. The molecule has 3 aromatic rings. The Hall–Kier alpha value is -2.18. The molecule has 0 spiro atoms. The van der Waals surface area contributed by atoms with Crippen LogP contribution in [0.4, 0.5) is 5.82 Å². The molecular weight excluding hydrogens is 324 g/mol. The molecule has 0 aliphatic carbocycles. The van der Waals surface area contributed by atoms with E-state index in [-0.39, 0.29) is 0 Å². The molecule has 0 atom stereocenters. The monoisotopic (exact) mass is 342 g/mol. The van der Waals surface area contributed by atoms with Gasteiger partial charge in [-0.25, -0.2) is 15.0 Å². The highest BCUT2D eigenvalue weighted by Gasteiger charge is 2.21. The van der Waals surface area contributed by atoms with Gasteiger partial charge in [-0.1, -0.05) is 23.7 Å². The molecule has 1 saturated heterocycles. The number of likely N-dealkylation sites (N-methyl/N-ethyl adjacent to an activating group) is 1. The van der Waals surface area contributed by atoms with Crippen LogP contribution in [0.1, 0.15) is 0 Å². The van der Waals surface area contributed by atoms with Gasteiger partial charge in [-0.2, -0.15) is 0 Å². The first-order valence-electron chi connectivity index (χ1n) is 8.00. The number of fused-ring (bicyclic) bond motifs is 1. The molecule has 4 rings (SSSR count). The number of imidazole rings is 1. The minimum absolute atomic E-state index is 0.683. The zero-order valence-electron chi connectivity index (χ0n) is 13.8. The molecule has 0 N–H and O–H groups in total. The number of benzene rings is 1. The molecule has 6 nitrogen and oxygen atoms in total. The zero-order chi connectivity index (χ0) is 16.7. The van der Waals surface area contributed by atoms with Crippen LogP contribution in [-0.4, -0.2) is 57.6 Å². The molecule has 0 radical (unpaired) electrons. The fourth-order valence-electron chi connectivity index (χ4n) is 2.99. The van der Waals surface area contributed by atoms with Crippen molar-refractivity contribution in [2.45, 2.75) is 0 Å². The molecule has 7 heteroatoms. The number of aryl methyl sites for hydroxylation is 1. The van der Waals surface area contributed by atoms with Gasteiger partial charge in [0.2, 0.25) is 0 Å². The highest BCUT2D eigenvalue weighted by atomic mass is 35.5. The minimum Gasteiger partial charge on any atom is -0.352 e. The molecule has 0 unspecified atom stereocenters. The van der Waals surface area contributed by atoms with Crippen molar-refractivity contribution in [1.82, 2.24) is 24.4 Å². The Balaban J connectivity index is 1.86. The first kappa shape index (κ1) is 15.4. The molecule has 2 aromatic heterocycles. The molecule has 1 aromatic carbocycles. The number of piperazine rings is 1. The van der Waals surface area contributed by atoms with Crippen LogP contribution in [0.2, 0.25) is 5.02 Å². The van der Waals surface area contributed by atoms with Crippen LogP contribution in [0.5, 0.6) is 0 Å². The second-order valence-electron chi connectivity index (χ2n) is 6.20. The first-order valence-corrected chi connectivity index (χ1v) is 8.38. The molecule has 0 bridgehead atoms. The van der Waals surface area contributed by atoms with Crippen molar-refractivity contribution in [3.63, 3.8) is 0 Å². The van der Waals surface area contributed by atoms with E-state index in [1.165, 1.54) is 0 Å². The lowest BCUT2D eigenvalue weighted by atomic mass is 10.2. The van der Waals surface area contributed by atoms with Crippen LogP contribution in [0.25, 0.3) is 22.6 Å². The molecule has 0 saturated carbocycles. The summed E-state index contributed by atoms with van der Waals surface area (Å²) in [5.41, 5.74) is 2.61. The van der Waals surface area contributed by atoms with Gasteiger partial charge in [-0.05, 0) is 19.2 Å². The standard InChI is InChI=1S/C17H19ClN6/c1-22-6-8-24(9-7-22)17-14-16(23(2)11-19-14)20-15(21-17)12-4-3-5-13(18)10-12/h3-5,10-11H,6-9H2,1-2H3. The summed E-state index contributed by atoms with van der Waals surface area (Å²) in [6.07, 6.45) is 1.79. The van der Waals surface area contributed by atoms with Crippen molar-refractivity contribution >= 4 is 28.6 Å². The molecule has 24 heavy (non-hydrogen) atoms. The summed E-state index contributed by atoms with van der Waals surface area (Å²) in [4.78, 5) is 18.7. The van der Waals surface area contributed by atoms with Gasteiger partial charge in [0.15, 0.2) is 22.8 Å². The predicted molar refractivity (Wildman–Crippen MR) is 96.5 cm³/mol. The smallest absolute Gasteiger partial charge is 0.165 e. The van der Waals surface area contributed by atoms with E-state index in [0.717, 1.165) is 48.7 Å². The van der Waals surface area contributed by atoms with Crippen LogP contribution in [0.15, 0.2) is 30.6 Å². The minimum atomic E-state index is 0.683. The van der Waals surface area contributed by atoms with E-state index >= 15 is 0 Å². The SMILES string of the molecule is CN1CCN(c2nc(-c3cccc(Cl)c3)nc3c2ncn3C)CC1. The van der Waals surface area contributed by atoms with Crippen molar-refractivity contribution in [2.24, 2.45) is 7.05 Å². The van der Waals surface area contributed by atoms with E-state index in [0.29, 0.717) is 10.8 Å². The van der Waals surface area contributed by atoms with Crippen molar-refractivity contribution in [1.29, 1.82) is 0 Å². The summed E-state index contributed by atoms with van der Waals surface area (Å²) in [6.45, 7) is 3.91. The third kappa shape index (κ3) is 2.72. The van der Waals surface area contributed by atoms with E-state index in [4.69, 9.17) is 21.6 Å². The van der Waals surface area contributed by atoms with Crippen molar-refractivity contribution in [2.75, 3.05) is 38.1 Å². The van der Waals surface area contributed by atoms with Gasteiger partial charge in [0.05, 0.1) is 6.33 Å². The Labute approximate surface area is 145 Å². The molecular formula is C17H19ClN6. The van der Waals surface area contributed by atoms with Crippen LogP contribution in [0.3, 0.4) is 0 Å². The summed E-state index contributed by atoms with van der Waals surface area (Å²) < 4.78 is 1.94. The molecule has 3 heterocycles. The summed E-state index contributed by atoms with van der Waals surface area (Å²) in [5.74, 6) is 1.59. The third-order valence-corrected chi connectivity index (χ3v) is 4.66. The average Bonchev–Trinajstić information content (AvgIpc) is 2.96. The van der Waals surface area contributed by atoms with Gasteiger partial charge in [-0.3, -0.25) is 0 Å².